The highest BCUT2D eigenvalue weighted by molar-refractivity contribution is 6.04. The Balaban J connectivity index is 1.38. The molecule has 0 aliphatic carbocycles. The molecule has 1 aromatic carbocycles. The first-order chi connectivity index (χ1) is 19.7. The van der Waals surface area contributed by atoms with Crippen LogP contribution in [0, 0.1) is 0 Å². The van der Waals surface area contributed by atoms with Gasteiger partial charge in [-0.25, -0.2) is 19.7 Å². The standard InChI is InChI=1S/C30H32N8O3/c1-30(2,3)41-29(40)38-15-13-37(14-16-38)27-17-22(9-10-33-27)24-18-23(34-28(39)21-7-5-4-6-8-21)19-25(35-24)36-26-20-31-11-12-32-26/h4-12,17-20H,13-16H2,1-3H3,(H2,32,34,35,36,39). The van der Waals surface area contributed by atoms with E-state index < -0.39 is 5.60 Å². The van der Waals surface area contributed by atoms with Crippen molar-refractivity contribution in [1.82, 2.24) is 24.8 Å². The monoisotopic (exact) mass is 552 g/mol. The Bertz CT molecular complexity index is 1500. The van der Waals surface area contributed by atoms with E-state index in [2.05, 4.69) is 30.5 Å². The van der Waals surface area contributed by atoms with Crippen LogP contribution in [0.2, 0.25) is 0 Å². The first-order valence-electron chi connectivity index (χ1n) is 13.3. The molecular weight excluding hydrogens is 520 g/mol. The molecule has 0 atom stereocenters. The van der Waals surface area contributed by atoms with Gasteiger partial charge in [-0.1, -0.05) is 18.2 Å². The van der Waals surface area contributed by atoms with Crippen molar-refractivity contribution in [3.63, 3.8) is 0 Å². The summed E-state index contributed by atoms with van der Waals surface area (Å²) in [6.07, 6.45) is 6.20. The second-order valence-electron chi connectivity index (χ2n) is 10.5. The van der Waals surface area contributed by atoms with Crippen molar-refractivity contribution in [1.29, 1.82) is 0 Å². The lowest BCUT2D eigenvalue weighted by atomic mass is 10.1. The van der Waals surface area contributed by atoms with E-state index in [4.69, 9.17) is 9.72 Å². The fourth-order valence-corrected chi connectivity index (χ4v) is 4.30. The van der Waals surface area contributed by atoms with Crippen molar-refractivity contribution in [2.24, 2.45) is 0 Å². The number of anilines is 4. The summed E-state index contributed by atoms with van der Waals surface area (Å²) in [5.41, 5.74) is 2.04. The topological polar surface area (TPSA) is 125 Å². The molecule has 2 amide bonds. The van der Waals surface area contributed by atoms with E-state index in [-0.39, 0.29) is 12.0 Å². The van der Waals surface area contributed by atoms with Gasteiger partial charge in [-0.3, -0.25) is 9.78 Å². The van der Waals surface area contributed by atoms with Gasteiger partial charge in [-0.15, -0.1) is 0 Å². The third-order valence-electron chi connectivity index (χ3n) is 6.24. The molecule has 0 radical (unpaired) electrons. The molecule has 1 aliphatic heterocycles. The van der Waals surface area contributed by atoms with E-state index in [9.17, 15) is 9.59 Å². The number of amides is 2. The van der Waals surface area contributed by atoms with Crippen LogP contribution >= 0.6 is 0 Å². The van der Waals surface area contributed by atoms with Gasteiger partial charge in [0.05, 0.1) is 11.9 Å². The third kappa shape index (κ3) is 7.33. The van der Waals surface area contributed by atoms with Crippen molar-refractivity contribution in [3.8, 4) is 11.3 Å². The number of benzene rings is 1. The summed E-state index contributed by atoms with van der Waals surface area (Å²) in [5, 5.41) is 6.14. The molecular formula is C30H32N8O3. The Kier molecular flexibility index (Phi) is 8.04. The van der Waals surface area contributed by atoms with E-state index in [0.717, 1.165) is 11.4 Å². The van der Waals surface area contributed by atoms with Gasteiger partial charge in [-0.2, -0.15) is 0 Å². The summed E-state index contributed by atoms with van der Waals surface area (Å²) in [4.78, 5) is 47.0. The highest BCUT2D eigenvalue weighted by Crippen LogP contribution is 2.28. The number of nitrogens with zero attached hydrogens (tertiary/aromatic N) is 6. The van der Waals surface area contributed by atoms with Gasteiger partial charge in [-0.05, 0) is 51.1 Å². The number of nitrogens with one attached hydrogen (secondary N) is 2. The van der Waals surface area contributed by atoms with Crippen LogP contribution in [0.25, 0.3) is 11.3 Å². The average molecular weight is 553 g/mol. The van der Waals surface area contributed by atoms with Gasteiger partial charge < -0.3 is 25.2 Å². The van der Waals surface area contributed by atoms with Crippen LogP contribution in [0.5, 0.6) is 0 Å². The summed E-state index contributed by atoms with van der Waals surface area (Å²) in [7, 11) is 0. The fourth-order valence-electron chi connectivity index (χ4n) is 4.30. The molecule has 0 saturated carbocycles. The molecule has 0 spiro atoms. The lowest BCUT2D eigenvalue weighted by Gasteiger charge is -2.36. The van der Waals surface area contributed by atoms with Crippen molar-refractivity contribution in [3.05, 3.63) is 84.9 Å². The zero-order valence-electron chi connectivity index (χ0n) is 23.2. The summed E-state index contributed by atoms with van der Waals surface area (Å²) in [6.45, 7) is 7.90. The van der Waals surface area contributed by atoms with Crippen LogP contribution in [0.4, 0.5) is 27.9 Å². The predicted octanol–water partition coefficient (Wildman–Crippen LogP) is 4.99. The largest absolute Gasteiger partial charge is 0.444 e. The average Bonchev–Trinajstić information content (AvgIpc) is 2.97. The molecule has 4 heterocycles. The van der Waals surface area contributed by atoms with E-state index >= 15 is 0 Å². The van der Waals surface area contributed by atoms with Crippen LogP contribution in [0.1, 0.15) is 31.1 Å². The molecule has 1 fully saturated rings. The van der Waals surface area contributed by atoms with Gasteiger partial charge in [0.15, 0.2) is 0 Å². The van der Waals surface area contributed by atoms with Crippen LogP contribution < -0.4 is 15.5 Å². The number of piperazine rings is 1. The molecule has 210 valence electrons. The smallest absolute Gasteiger partial charge is 0.410 e. The SMILES string of the molecule is CC(C)(C)OC(=O)N1CCN(c2cc(-c3cc(NC(=O)c4ccccc4)cc(Nc4cnccn4)n3)ccn2)CC1. The van der Waals surface area contributed by atoms with Gasteiger partial charge in [0.1, 0.15) is 23.1 Å². The minimum Gasteiger partial charge on any atom is -0.444 e. The summed E-state index contributed by atoms with van der Waals surface area (Å²) in [5.74, 6) is 1.56. The second-order valence-corrected chi connectivity index (χ2v) is 10.5. The molecule has 1 aliphatic rings. The van der Waals surface area contributed by atoms with Crippen molar-refractivity contribution >= 4 is 35.1 Å². The normalized spacial score (nSPS) is 13.4. The molecule has 0 bridgehead atoms. The zero-order chi connectivity index (χ0) is 28.8. The van der Waals surface area contributed by atoms with Crippen LogP contribution in [0.3, 0.4) is 0 Å². The zero-order valence-corrected chi connectivity index (χ0v) is 23.2. The number of ether oxygens (including phenoxy) is 1. The van der Waals surface area contributed by atoms with E-state index in [1.165, 1.54) is 0 Å². The van der Waals surface area contributed by atoms with Crippen molar-refractivity contribution in [2.75, 3.05) is 41.7 Å². The molecule has 11 nitrogen and oxygen atoms in total. The Morgan fingerprint density at radius 2 is 1.66 bits per heavy atom. The number of carbonyl (C=O) groups is 2. The highest BCUT2D eigenvalue weighted by atomic mass is 16.6. The molecule has 2 N–H and O–H groups in total. The first-order valence-corrected chi connectivity index (χ1v) is 13.3. The highest BCUT2D eigenvalue weighted by Gasteiger charge is 2.26. The van der Waals surface area contributed by atoms with Gasteiger partial charge >= 0.3 is 6.09 Å². The Morgan fingerprint density at radius 3 is 2.37 bits per heavy atom. The number of aromatic nitrogens is 4. The molecule has 5 rings (SSSR count). The van der Waals surface area contributed by atoms with Gasteiger partial charge in [0.25, 0.3) is 5.91 Å². The second kappa shape index (κ2) is 12.0. The number of hydrogen-bond acceptors (Lipinski definition) is 9. The number of hydrogen-bond donors (Lipinski definition) is 2. The third-order valence-corrected chi connectivity index (χ3v) is 6.24. The van der Waals surface area contributed by atoms with Gasteiger partial charge in [0.2, 0.25) is 0 Å². The minimum atomic E-state index is -0.535. The quantitative estimate of drug-likeness (QED) is 0.340. The Hall–Kier alpha value is -5.06. The van der Waals surface area contributed by atoms with E-state index in [1.54, 1.807) is 47.9 Å². The molecule has 1 saturated heterocycles. The number of pyridine rings is 2. The maximum absolute atomic E-state index is 12.9. The summed E-state index contributed by atoms with van der Waals surface area (Å²) in [6, 6.07) is 16.4. The predicted molar refractivity (Wildman–Crippen MR) is 157 cm³/mol. The first kappa shape index (κ1) is 27.5. The minimum absolute atomic E-state index is 0.230. The molecule has 11 heteroatoms. The fraction of sp³-hybridized carbons (Fsp3) is 0.267. The molecule has 4 aromatic rings. The molecule has 41 heavy (non-hydrogen) atoms. The Labute approximate surface area is 238 Å². The maximum atomic E-state index is 12.9. The lowest BCUT2D eigenvalue weighted by Crippen LogP contribution is -2.50. The van der Waals surface area contributed by atoms with Crippen molar-refractivity contribution < 1.29 is 14.3 Å². The van der Waals surface area contributed by atoms with Gasteiger partial charge in [0, 0.05) is 67.7 Å². The van der Waals surface area contributed by atoms with Crippen LogP contribution in [-0.2, 0) is 4.74 Å². The lowest BCUT2D eigenvalue weighted by molar-refractivity contribution is 0.0240. The Morgan fingerprint density at radius 1 is 0.878 bits per heavy atom. The van der Waals surface area contributed by atoms with E-state index in [1.807, 2.05) is 57.2 Å². The van der Waals surface area contributed by atoms with E-state index in [0.29, 0.717) is 54.8 Å². The number of rotatable bonds is 6. The molecule has 0 unspecified atom stereocenters. The maximum Gasteiger partial charge on any atom is 0.410 e. The summed E-state index contributed by atoms with van der Waals surface area (Å²) >= 11 is 0. The molecule has 3 aromatic heterocycles. The van der Waals surface area contributed by atoms with Crippen LogP contribution in [-0.4, -0.2) is 68.6 Å². The number of carbonyl (C=O) groups excluding carboxylic acids is 2. The van der Waals surface area contributed by atoms with Crippen molar-refractivity contribution in [2.45, 2.75) is 26.4 Å². The van der Waals surface area contributed by atoms with Crippen LogP contribution in [0.15, 0.2) is 79.4 Å². The summed E-state index contributed by atoms with van der Waals surface area (Å²) < 4.78 is 5.52.